The fraction of sp³-hybridized carbons (Fsp3) is 0.600. The molecule has 5 nitrogen and oxygen atoms in total. The fourth-order valence-electron chi connectivity index (χ4n) is 3.78. The molecule has 2 saturated heterocycles. The van der Waals surface area contributed by atoms with Crippen LogP contribution in [0.3, 0.4) is 0 Å². The molecule has 0 amide bonds. The Kier molecular flexibility index (Phi) is 6.06. The molecule has 0 N–H and O–H groups in total. The predicted octanol–water partition coefficient (Wildman–Crippen LogP) is 2.84. The van der Waals surface area contributed by atoms with E-state index in [0.29, 0.717) is 11.1 Å². The lowest BCUT2D eigenvalue weighted by Gasteiger charge is -2.27. The number of benzene rings is 1. The van der Waals surface area contributed by atoms with Gasteiger partial charge in [0.25, 0.3) is 0 Å². The SMILES string of the molecule is CC(=O)c1ccc(C#N)cc1N1CC[C@@H](OCCN2CCCCC2)C1. The zero-order valence-electron chi connectivity index (χ0n) is 15.0. The standard InChI is InChI=1S/C20H27N3O2/c1-16(24)19-6-5-17(14-21)13-20(19)23-10-7-18(15-23)25-12-11-22-8-3-2-4-9-22/h5-6,13,18H,2-4,7-12,15H2,1H3/t18-/m1/s1. The zero-order chi connectivity index (χ0) is 17.6. The lowest BCUT2D eigenvalue weighted by atomic mass is 10.1. The molecule has 1 atom stereocenters. The van der Waals surface area contributed by atoms with Crippen molar-refractivity contribution in [1.82, 2.24) is 4.90 Å². The molecule has 1 aromatic carbocycles. The number of ether oxygens (including phenoxy) is 1. The third-order valence-corrected chi connectivity index (χ3v) is 5.20. The summed E-state index contributed by atoms with van der Waals surface area (Å²) in [5.41, 5.74) is 2.15. The van der Waals surface area contributed by atoms with Crippen LogP contribution in [-0.4, -0.2) is 56.1 Å². The third-order valence-electron chi connectivity index (χ3n) is 5.20. The van der Waals surface area contributed by atoms with Crippen LogP contribution in [0.15, 0.2) is 18.2 Å². The molecule has 3 rings (SSSR count). The summed E-state index contributed by atoms with van der Waals surface area (Å²) < 4.78 is 6.08. The molecular weight excluding hydrogens is 314 g/mol. The quantitative estimate of drug-likeness (QED) is 0.745. The molecule has 0 aliphatic carbocycles. The van der Waals surface area contributed by atoms with E-state index in [-0.39, 0.29) is 11.9 Å². The number of carbonyl (C=O) groups is 1. The minimum Gasteiger partial charge on any atom is -0.375 e. The van der Waals surface area contributed by atoms with Crippen molar-refractivity contribution in [1.29, 1.82) is 5.26 Å². The zero-order valence-corrected chi connectivity index (χ0v) is 15.0. The number of anilines is 1. The Bertz CT molecular complexity index is 647. The van der Waals surface area contributed by atoms with Gasteiger partial charge in [-0.15, -0.1) is 0 Å². The van der Waals surface area contributed by atoms with Gasteiger partial charge in [-0.1, -0.05) is 6.42 Å². The van der Waals surface area contributed by atoms with Gasteiger partial charge < -0.3 is 14.5 Å². The first-order valence-corrected chi connectivity index (χ1v) is 9.31. The molecule has 0 bridgehead atoms. The molecule has 2 heterocycles. The van der Waals surface area contributed by atoms with Gasteiger partial charge in [0.15, 0.2) is 5.78 Å². The molecule has 134 valence electrons. The third kappa shape index (κ3) is 4.59. The summed E-state index contributed by atoms with van der Waals surface area (Å²) in [7, 11) is 0. The van der Waals surface area contributed by atoms with Gasteiger partial charge in [0.05, 0.1) is 24.3 Å². The Morgan fingerprint density at radius 2 is 2.08 bits per heavy atom. The molecule has 5 heteroatoms. The van der Waals surface area contributed by atoms with Crippen LogP contribution in [-0.2, 0) is 4.74 Å². The maximum atomic E-state index is 11.9. The Balaban J connectivity index is 1.55. The molecule has 0 saturated carbocycles. The highest BCUT2D eigenvalue weighted by Gasteiger charge is 2.26. The van der Waals surface area contributed by atoms with E-state index in [9.17, 15) is 4.79 Å². The van der Waals surface area contributed by atoms with Crippen LogP contribution in [0.1, 0.15) is 48.5 Å². The highest BCUT2D eigenvalue weighted by atomic mass is 16.5. The van der Waals surface area contributed by atoms with Crippen molar-refractivity contribution in [3.63, 3.8) is 0 Å². The lowest BCUT2D eigenvalue weighted by Crippen LogP contribution is -2.34. The summed E-state index contributed by atoms with van der Waals surface area (Å²) in [6.07, 6.45) is 5.14. The summed E-state index contributed by atoms with van der Waals surface area (Å²) in [5.74, 6) is 0.0361. The highest BCUT2D eigenvalue weighted by molar-refractivity contribution is 6.00. The smallest absolute Gasteiger partial charge is 0.161 e. The lowest BCUT2D eigenvalue weighted by molar-refractivity contribution is 0.0467. The molecule has 1 aromatic rings. The summed E-state index contributed by atoms with van der Waals surface area (Å²) in [6.45, 7) is 7.41. The number of rotatable bonds is 6. The molecule has 0 unspecified atom stereocenters. The predicted molar refractivity (Wildman–Crippen MR) is 98.0 cm³/mol. The number of hydrogen-bond acceptors (Lipinski definition) is 5. The second kappa shape index (κ2) is 8.46. The minimum atomic E-state index is 0.0361. The fourth-order valence-corrected chi connectivity index (χ4v) is 3.78. The number of carbonyl (C=O) groups excluding carboxylic acids is 1. The molecule has 2 fully saturated rings. The van der Waals surface area contributed by atoms with E-state index >= 15 is 0 Å². The summed E-state index contributed by atoms with van der Waals surface area (Å²) >= 11 is 0. The molecule has 25 heavy (non-hydrogen) atoms. The first-order valence-electron chi connectivity index (χ1n) is 9.31. The minimum absolute atomic E-state index is 0.0361. The Morgan fingerprint density at radius 1 is 1.28 bits per heavy atom. The summed E-state index contributed by atoms with van der Waals surface area (Å²) in [6, 6.07) is 7.47. The maximum Gasteiger partial charge on any atom is 0.161 e. The summed E-state index contributed by atoms with van der Waals surface area (Å²) in [4.78, 5) is 16.6. The van der Waals surface area contributed by atoms with Gasteiger partial charge in [-0.05, 0) is 57.5 Å². The number of hydrogen-bond donors (Lipinski definition) is 0. The van der Waals surface area contributed by atoms with Gasteiger partial charge in [0.2, 0.25) is 0 Å². The van der Waals surface area contributed by atoms with E-state index < -0.39 is 0 Å². The molecule has 2 aliphatic rings. The van der Waals surface area contributed by atoms with E-state index in [2.05, 4.69) is 15.9 Å². The summed E-state index contributed by atoms with van der Waals surface area (Å²) in [5, 5.41) is 9.14. The highest BCUT2D eigenvalue weighted by Crippen LogP contribution is 2.27. The maximum absolute atomic E-state index is 11.9. The Hall–Kier alpha value is -1.90. The van der Waals surface area contributed by atoms with Gasteiger partial charge >= 0.3 is 0 Å². The van der Waals surface area contributed by atoms with E-state index in [1.165, 1.54) is 32.4 Å². The van der Waals surface area contributed by atoms with Gasteiger partial charge in [-0.2, -0.15) is 5.26 Å². The second-order valence-corrected chi connectivity index (χ2v) is 7.03. The van der Waals surface area contributed by atoms with Gasteiger partial charge in [-0.25, -0.2) is 0 Å². The first-order chi connectivity index (χ1) is 12.2. The number of piperidine rings is 1. The molecule has 0 aromatic heterocycles. The van der Waals surface area contributed by atoms with Crippen LogP contribution < -0.4 is 4.90 Å². The molecular formula is C20H27N3O2. The first kappa shape index (κ1) is 17.9. The number of nitriles is 1. The van der Waals surface area contributed by atoms with Crippen LogP contribution in [0.2, 0.25) is 0 Å². The van der Waals surface area contributed by atoms with E-state index in [0.717, 1.165) is 38.3 Å². The average Bonchev–Trinajstić information content (AvgIpc) is 3.11. The Labute approximate surface area is 150 Å². The Morgan fingerprint density at radius 3 is 2.80 bits per heavy atom. The van der Waals surface area contributed by atoms with Crippen LogP contribution >= 0.6 is 0 Å². The second-order valence-electron chi connectivity index (χ2n) is 7.03. The number of Topliss-reactive ketones (excluding diaryl/α,β-unsaturated/α-hetero) is 1. The van der Waals surface area contributed by atoms with Gasteiger partial charge in [-0.3, -0.25) is 4.79 Å². The van der Waals surface area contributed by atoms with Crippen molar-refractivity contribution < 1.29 is 9.53 Å². The van der Waals surface area contributed by atoms with Crippen molar-refractivity contribution in [3.8, 4) is 6.07 Å². The van der Waals surface area contributed by atoms with Crippen LogP contribution in [0.5, 0.6) is 0 Å². The van der Waals surface area contributed by atoms with Crippen molar-refractivity contribution in [2.45, 2.75) is 38.7 Å². The number of ketones is 1. The van der Waals surface area contributed by atoms with Crippen molar-refractivity contribution in [2.24, 2.45) is 0 Å². The van der Waals surface area contributed by atoms with Crippen molar-refractivity contribution in [2.75, 3.05) is 44.2 Å². The monoisotopic (exact) mass is 341 g/mol. The van der Waals surface area contributed by atoms with Crippen LogP contribution in [0, 0.1) is 11.3 Å². The van der Waals surface area contributed by atoms with E-state index in [1.54, 1.807) is 19.1 Å². The van der Waals surface area contributed by atoms with Crippen LogP contribution in [0.4, 0.5) is 5.69 Å². The van der Waals surface area contributed by atoms with Crippen molar-refractivity contribution in [3.05, 3.63) is 29.3 Å². The van der Waals surface area contributed by atoms with E-state index in [1.807, 2.05) is 6.07 Å². The number of nitrogens with zero attached hydrogens (tertiary/aromatic N) is 3. The largest absolute Gasteiger partial charge is 0.375 e. The number of likely N-dealkylation sites (tertiary alicyclic amines) is 1. The molecule has 2 aliphatic heterocycles. The van der Waals surface area contributed by atoms with Gasteiger partial charge in [0.1, 0.15) is 0 Å². The van der Waals surface area contributed by atoms with Crippen molar-refractivity contribution >= 4 is 11.5 Å². The normalized spacial score (nSPS) is 21.3. The van der Waals surface area contributed by atoms with Gasteiger partial charge in [0, 0.05) is 30.9 Å². The average molecular weight is 341 g/mol. The topological polar surface area (TPSA) is 56.6 Å². The van der Waals surface area contributed by atoms with E-state index in [4.69, 9.17) is 10.00 Å². The van der Waals surface area contributed by atoms with Crippen LogP contribution in [0.25, 0.3) is 0 Å². The molecule has 0 spiro atoms. The molecule has 0 radical (unpaired) electrons.